The van der Waals surface area contributed by atoms with Crippen LogP contribution in [0.3, 0.4) is 0 Å². The Morgan fingerprint density at radius 1 is 1.71 bits per heavy atom. The lowest BCUT2D eigenvalue weighted by atomic mass is 10.0. The Balaban J connectivity index is 1.98. The lowest BCUT2D eigenvalue weighted by Crippen LogP contribution is -2.12. The van der Waals surface area contributed by atoms with E-state index in [1.807, 2.05) is 18.4 Å². The fourth-order valence-corrected chi connectivity index (χ4v) is 2.51. The molecule has 1 atom stereocenters. The van der Waals surface area contributed by atoms with Crippen LogP contribution in [-0.4, -0.2) is 18.5 Å². The van der Waals surface area contributed by atoms with Crippen LogP contribution in [0.25, 0.3) is 0 Å². The summed E-state index contributed by atoms with van der Waals surface area (Å²) in [6.07, 6.45) is 2.86. The molecule has 1 unspecified atom stereocenters. The molecule has 2 nitrogen and oxygen atoms in total. The molecule has 3 heteroatoms. The van der Waals surface area contributed by atoms with Gasteiger partial charge in [-0.05, 0) is 31.2 Å². The van der Waals surface area contributed by atoms with E-state index in [1.165, 1.54) is 0 Å². The molecule has 76 valence electrons. The van der Waals surface area contributed by atoms with Gasteiger partial charge in [-0.2, -0.15) is 0 Å². The molecule has 0 aromatic carbocycles. The predicted octanol–water partition coefficient (Wildman–Crippen LogP) is 2.81. The van der Waals surface area contributed by atoms with Gasteiger partial charge in [0, 0.05) is 23.5 Å². The van der Waals surface area contributed by atoms with E-state index < -0.39 is 0 Å². The zero-order valence-corrected chi connectivity index (χ0v) is 9.10. The van der Waals surface area contributed by atoms with E-state index in [4.69, 9.17) is 4.74 Å². The Kier molecular flexibility index (Phi) is 2.99. The first-order chi connectivity index (χ1) is 6.77. The maximum absolute atomic E-state index is 11.8. The third-order valence-electron chi connectivity index (χ3n) is 2.60. The summed E-state index contributed by atoms with van der Waals surface area (Å²) >= 11 is 1.63. The SMILES string of the molecule is Cc1sccc1C(=O)CC1CCCO1. The minimum atomic E-state index is 0.168. The van der Waals surface area contributed by atoms with Crippen molar-refractivity contribution in [1.29, 1.82) is 0 Å². The fourth-order valence-electron chi connectivity index (χ4n) is 1.80. The van der Waals surface area contributed by atoms with Crippen molar-refractivity contribution in [3.05, 3.63) is 21.9 Å². The van der Waals surface area contributed by atoms with Gasteiger partial charge in [-0.25, -0.2) is 0 Å². The molecule has 2 heterocycles. The minimum absolute atomic E-state index is 0.168. The van der Waals surface area contributed by atoms with Gasteiger partial charge in [0.1, 0.15) is 0 Å². The normalized spacial score (nSPS) is 21.4. The highest BCUT2D eigenvalue weighted by Crippen LogP contribution is 2.21. The highest BCUT2D eigenvalue weighted by molar-refractivity contribution is 7.10. The topological polar surface area (TPSA) is 26.3 Å². The molecule has 1 aromatic rings. The molecule has 0 aliphatic carbocycles. The Bertz CT molecular complexity index is 324. The summed E-state index contributed by atoms with van der Waals surface area (Å²) in [7, 11) is 0. The van der Waals surface area contributed by atoms with Crippen LogP contribution in [0.5, 0.6) is 0 Å². The number of aryl methyl sites for hydroxylation is 1. The van der Waals surface area contributed by atoms with Gasteiger partial charge in [0.05, 0.1) is 6.10 Å². The first-order valence-electron chi connectivity index (χ1n) is 4.96. The summed E-state index contributed by atoms with van der Waals surface area (Å²) in [5, 5.41) is 1.97. The Labute approximate surface area is 87.9 Å². The van der Waals surface area contributed by atoms with Gasteiger partial charge in [0.15, 0.2) is 5.78 Å². The van der Waals surface area contributed by atoms with Gasteiger partial charge in [0.25, 0.3) is 0 Å². The van der Waals surface area contributed by atoms with Crippen molar-refractivity contribution in [1.82, 2.24) is 0 Å². The third-order valence-corrected chi connectivity index (χ3v) is 3.44. The molecule has 1 saturated heterocycles. The summed E-state index contributed by atoms with van der Waals surface area (Å²) < 4.78 is 5.44. The minimum Gasteiger partial charge on any atom is -0.378 e. The van der Waals surface area contributed by atoms with Crippen molar-refractivity contribution in [2.24, 2.45) is 0 Å². The smallest absolute Gasteiger partial charge is 0.166 e. The van der Waals surface area contributed by atoms with E-state index in [2.05, 4.69) is 0 Å². The standard InChI is InChI=1S/C11H14O2S/c1-8-10(4-6-14-8)11(12)7-9-3-2-5-13-9/h4,6,9H,2-3,5,7H2,1H3. The number of Topliss-reactive ketones (excluding diaryl/α,β-unsaturated/α-hetero) is 1. The van der Waals surface area contributed by atoms with Gasteiger partial charge < -0.3 is 4.74 Å². The number of ether oxygens (including phenoxy) is 1. The van der Waals surface area contributed by atoms with Gasteiger partial charge in [-0.1, -0.05) is 0 Å². The number of ketones is 1. The fraction of sp³-hybridized carbons (Fsp3) is 0.545. The highest BCUT2D eigenvalue weighted by atomic mass is 32.1. The molecule has 0 N–H and O–H groups in total. The van der Waals surface area contributed by atoms with E-state index in [1.54, 1.807) is 11.3 Å². The summed E-state index contributed by atoms with van der Waals surface area (Å²) in [6.45, 7) is 2.81. The number of carbonyl (C=O) groups excluding carboxylic acids is 1. The number of hydrogen-bond donors (Lipinski definition) is 0. The molecular weight excluding hydrogens is 196 g/mol. The van der Waals surface area contributed by atoms with Crippen LogP contribution in [0.1, 0.15) is 34.5 Å². The number of rotatable bonds is 3. The van der Waals surface area contributed by atoms with Crippen LogP contribution >= 0.6 is 11.3 Å². The zero-order chi connectivity index (χ0) is 9.97. The van der Waals surface area contributed by atoms with Crippen molar-refractivity contribution in [2.45, 2.75) is 32.3 Å². The molecule has 1 aromatic heterocycles. The van der Waals surface area contributed by atoms with Gasteiger partial charge in [-0.15, -0.1) is 11.3 Å². The lowest BCUT2D eigenvalue weighted by Gasteiger charge is -2.07. The van der Waals surface area contributed by atoms with E-state index >= 15 is 0 Å². The van der Waals surface area contributed by atoms with Crippen molar-refractivity contribution < 1.29 is 9.53 Å². The molecule has 2 rings (SSSR count). The van der Waals surface area contributed by atoms with Crippen molar-refractivity contribution >= 4 is 17.1 Å². The van der Waals surface area contributed by atoms with Crippen LogP contribution in [0.4, 0.5) is 0 Å². The van der Waals surface area contributed by atoms with Crippen LogP contribution < -0.4 is 0 Å². The van der Waals surface area contributed by atoms with Crippen LogP contribution in [-0.2, 0) is 4.74 Å². The van der Waals surface area contributed by atoms with Gasteiger partial charge in [0.2, 0.25) is 0 Å². The quantitative estimate of drug-likeness (QED) is 0.717. The second kappa shape index (κ2) is 4.24. The molecule has 1 aliphatic heterocycles. The number of carbonyl (C=O) groups is 1. The molecule has 0 bridgehead atoms. The average Bonchev–Trinajstić information content (AvgIpc) is 2.75. The Morgan fingerprint density at radius 2 is 2.57 bits per heavy atom. The molecular formula is C11H14O2S. The van der Waals surface area contributed by atoms with Gasteiger partial charge in [-0.3, -0.25) is 4.79 Å². The summed E-state index contributed by atoms with van der Waals surface area (Å²) in [5.74, 6) is 0.232. The molecule has 1 fully saturated rings. The monoisotopic (exact) mass is 210 g/mol. The molecule has 1 aliphatic rings. The summed E-state index contributed by atoms with van der Waals surface area (Å²) in [6, 6.07) is 1.91. The second-order valence-electron chi connectivity index (χ2n) is 3.65. The largest absolute Gasteiger partial charge is 0.378 e. The van der Waals surface area contributed by atoms with Crippen LogP contribution in [0.2, 0.25) is 0 Å². The summed E-state index contributed by atoms with van der Waals surface area (Å²) in [4.78, 5) is 12.9. The van der Waals surface area contributed by atoms with E-state index in [-0.39, 0.29) is 11.9 Å². The maximum atomic E-state index is 11.8. The maximum Gasteiger partial charge on any atom is 0.166 e. The van der Waals surface area contributed by atoms with E-state index in [0.29, 0.717) is 6.42 Å². The first-order valence-corrected chi connectivity index (χ1v) is 5.84. The number of hydrogen-bond acceptors (Lipinski definition) is 3. The lowest BCUT2D eigenvalue weighted by molar-refractivity contribution is 0.0775. The number of thiophene rings is 1. The Hall–Kier alpha value is -0.670. The third kappa shape index (κ3) is 2.04. The highest BCUT2D eigenvalue weighted by Gasteiger charge is 2.20. The van der Waals surface area contributed by atoms with E-state index in [9.17, 15) is 4.79 Å². The molecule has 0 radical (unpaired) electrons. The second-order valence-corrected chi connectivity index (χ2v) is 4.77. The van der Waals surface area contributed by atoms with Gasteiger partial charge >= 0.3 is 0 Å². The molecule has 0 amide bonds. The van der Waals surface area contributed by atoms with E-state index in [0.717, 1.165) is 29.9 Å². The first kappa shape index (κ1) is 9.87. The average molecular weight is 210 g/mol. The summed E-state index contributed by atoms with van der Waals surface area (Å²) in [5.41, 5.74) is 0.880. The van der Waals surface area contributed by atoms with Crippen molar-refractivity contribution in [2.75, 3.05) is 6.61 Å². The van der Waals surface area contributed by atoms with Crippen LogP contribution in [0.15, 0.2) is 11.4 Å². The van der Waals surface area contributed by atoms with Crippen molar-refractivity contribution in [3.63, 3.8) is 0 Å². The predicted molar refractivity (Wildman–Crippen MR) is 57.0 cm³/mol. The van der Waals surface area contributed by atoms with Crippen molar-refractivity contribution in [3.8, 4) is 0 Å². The zero-order valence-electron chi connectivity index (χ0n) is 8.29. The van der Waals surface area contributed by atoms with Crippen LogP contribution in [0, 0.1) is 6.92 Å². The Morgan fingerprint density at radius 3 is 3.14 bits per heavy atom. The molecule has 0 saturated carbocycles. The molecule has 14 heavy (non-hydrogen) atoms. The molecule has 0 spiro atoms.